The molecule has 0 spiro atoms. The quantitative estimate of drug-likeness (QED) is 0.900. The summed E-state index contributed by atoms with van der Waals surface area (Å²) in [4.78, 5) is 0. The molecule has 106 valence electrons. The van der Waals surface area contributed by atoms with Crippen LogP contribution in [0.4, 0.5) is 0 Å². The topological polar surface area (TPSA) is 29.5 Å². The monoisotopic (exact) mass is 334 g/mol. The Morgan fingerprint density at radius 1 is 1.20 bits per heavy atom. The van der Waals surface area contributed by atoms with Gasteiger partial charge in [0.15, 0.2) is 0 Å². The molecule has 0 saturated carbocycles. The van der Waals surface area contributed by atoms with E-state index in [0.29, 0.717) is 6.42 Å². The van der Waals surface area contributed by atoms with E-state index in [4.69, 9.17) is 4.74 Å². The van der Waals surface area contributed by atoms with Gasteiger partial charge in [0.25, 0.3) is 0 Å². The number of rotatable bonds is 4. The van der Waals surface area contributed by atoms with Crippen LogP contribution in [0.3, 0.4) is 0 Å². The summed E-state index contributed by atoms with van der Waals surface area (Å²) in [6, 6.07) is 12.0. The summed E-state index contributed by atoms with van der Waals surface area (Å²) in [5.74, 6) is 0.785. The minimum atomic E-state index is -0.571. The SMILES string of the molecule is COc1c(C(O)Cc2cccc(Br)c2)ccc(C)c1C. The van der Waals surface area contributed by atoms with Crippen LogP contribution in [0.15, 0.2) is 40.9 Å². The Morgan fingerprint density at radius 3 is 2.60 bits per heavy atom. The van der Waals surface area contributed by atoms with Crippen LogP contribution in [0.5, 0.6) is 5.75 Å². The van der Waals surface area contributed by atoms with Crippen molar-refractivity contribution in [3.8, 4) is 5.75 Å². The number of aliphatic hydroxyl groups excluding tert-OH is 1. The van der Waals surface area contributed by atoms with Crippen molar-refractivity contribution in [2.75, 3.05) is 7.11 Å². The second-order valence-electron chi connectivity index (χ2n) is 4.98. The Bertz CT molecular complexity index is 608. The van der Waals surface area contributed by atoms with Crippen LogP contribution in [-0.2, 0) is 6.42 Å². The number of halogens is 1. The predicted molar refractivity (Wildman–Crippen MR) is 85.3 cm³/mol. The zero-order valence-corrected chi connectivity index (χ0v) is 13.6. The van der Waals surface area contributed by atoms with Gasteiger partial charge in [0, 0.05) is 16.5 Å². The molecule has 0 amide bonds. The van der Waals surface area contributed by atoms with E-state index in [1.165, 1.54) is 5.56 Å². The van der Waals surface area contributed by atoms with Gasteiger partial charge < -0.3 is 9.84 Å². The third kappa shape index (κ3) is 3.22. The zero-order chi connectivity index (χ0) is 14.7. The summed E-state index contributed by atoms with van der Waals surface area (Å²) in [5.41, 5.74) is 4.18. The molecule has 0 saturated heterocycles. The molecule has 0 aromatic heterocycles. The molecule has 1 unspecified atom stereocenters. The maximum atomic E-state index is 10.5. The van der Waals surface area contributed by atoms with E-state index in [-0.39, 0.29) is 0 Å². The molecule has 0 radical (unpaired) electrons. The van der Waals surface area contributed by atoms with Crippen LogP contribution in [0.2, 0.25) is 0 Å². The minimum Gasteiger partial charge on any atom is -0.496 e. The highest BCUT2D eigenvalue weighted by atomic mass is 79.9. The van der Waals surface area contributed by atoms with E-state index >= 15 is 0 Å². The van der Waals surface area contributed by atoms with Gasteiger partial charge in [-0.1, -0.05) is 40.2 Å². The number of methoxy groups -OCH3 is 1. The van der Waals surface area contributed by atoms with Gasteiger partial charge in [0.2, 0.25) is 0 Å². The third-order valence-corrected chi connectivity index (χ3v) is 4.08. The lowest BCUT2D eigenvalue weighted by atomic mass is 9.96. The summed E-state index contributed by atoms with van der Waals surface area (Å²) in [5, 5.41) is 10.5. The van der Waals surface area contributed by atoms with Crippen LogP contribution >= 0.6 is 15.9 Å². The normalized spacial score (nSPS) is 12.2. The number of hydrogen-bond donors (Lipinski definition) is 1. The molecule has 0 bridgehead atoms. The van der Waals surface area contributed by atoms with Crippen LogP contribution in [0, 0.1) is 13.8 Å². The molecule has 3 heteroatoms. The molecule has 2 rings (SSSR count). The minimum absolute atomic E-state index is 0.568. The summed E-state index contributed by atoms with van der Waals surface area (Å²) in [6.07, 6.45) is -0.00303. The summed E-state index contributed by atoms with van der Waals surface area (Å²) in [6.45, 7) is 4.06. The van der Waals surface area contributed by atoms with Crippen molar-refractivity contribution in [1.82, 2.24) is 0 Å². The zero-order valence-electron chi connectivity index (χ0n) is 12.0. The van der Waals surface area contributed by atoms with Crippen LogP contribution in [0.1, 0.15) is 28.4 Å². The van der Waals surface area contributed by atoms with Gasteiger partial charge in [-0.3, -0.25) is 0 Å². The summed E-state index contributed by atoms with van der Waals surface area (Å²) in [7, 11) is 1.65. The van der Waals surface area contributed by atoms with Gasteiger partial charge in [-0.15, -0.1) is 0 Å². The average molecular weight is 335 g/mol. The second kappa shape index (κ2) is 6.42. The van der Waals surface area contributed by atoms with Gasteiger partial charge in [-0.25, -0.2) is 0 Å². The Kier molecular flexibility index (Phi) is 4.84. The molecule has 2 aromatic rings. The van der Waals surface area contributed by atoms with Gasteiger partial charge in [0.05, 0.1) is 13.2 Å². The molecule has 2 aromatic carbocycles. The molecule has 1 N–H and O–H groups in total. The number of aryl methyl sites for hydroxylation is 1. The largest absolute Gasteiger partial charge is 0.496 e. The Morgan fingerprint density at radius 2 is 1.95 bits per heavy atom. The van der Waals surface area contributed by atoms with Gasteiger partial charge >= 0.3 is 0 Å². The maximum Gasteiger partial charge on any atom is 0.127 e. The lowest BCUT2D eigenvalue weighted by Crippen LogP contribution is -2.06. The Labute approximate surface area is 128 Å². The standard InChI is InChI=1S/C17H19BrO2/c1-11-7-8-15(17(20-3)12(11)2)16(19)10-13-5-4-6-14(18)9-13/h4-9,16,19H,10H2,1-3H3. The Balaban J connectivity index is 2.29. The molecular weight excluding hydrogens is 316 g/mol. The molecule has 0 heterocycles. The first kappa shape index (κ1) is 15.1. The van der Waals surface area contributed by atoms with Crippen molar-refractivity contribution >= 4 is 15.9 Å². The molecular formula is C17H19BrO2. The smallest absolute Gasteiger partial charge is 0.127 e. The first-order valence-electron chi connectivity index (χ1n) is 6.59. The molecule has 0 aliphatic heterocycles. The fraction of sp³-hybridized carbons (Fsp3) is 0.294. The van der Waals surface area contributed by atoms with Gasteiger partial charge in [-0.05, 0) is 42.7 Å². The number of aliphatic hydroxyl groups is 1. The fourth-order valence-electron chi connectivity index (χ4n) is 2.34. The highest BCUT2D eigenvalue weighted by molar-refractivity contribution is 9.10. The van der Waals surface area contributed by atoms with E-state index in [1.807, 2.05) is 50.2 Å². The van der Waals surface area contributed by atoms with Crippen molar-refractivity contribution < 1.29 is 9.84 Å². The number of benzene rings is 2. The molecule has 1 atom stereocenters. The molecule has 0 aliphatic rings. The first-order valence-corrected chi connectivity index (χ1v) is 7.39. The molecule has 20 heavy (non-hydrogen) atoms. The van der Waals surface area contributed by atoms with Crippen molar-refractivity contribution in [3.05, 3.63) is 63.1 Å². The molecule has 0 fully saturated rings. The van der Waals surface area contributed by atoms with Crippen molar-refractivity contribution in [2.24, 2.45) is 0 Å². The fourth-order valence-corrected chi connectivity index (χ4v) is 2.79. The molecule has 0 aliphatic carbocycles. The van der Waals surface area contributed by atoms with Crippen LogP contribution in [0.25, 0.3) is 0 Å². The van der Waals surface area contributed by atoms with E-state index in [1.54, 1.807) is 7.11 Å². The van der Waals surface area contributed by atoms with E-state index in [0.717, 1.165) is 26.9 Å². The third-order valence-electron chi connectivity index (χ3n) is 3.59. The van der Waals surface area contributed by atoms with Crippen molar-refractivity contribution in [2.45, 2.75) is 26.4 Å². The maximum absolute atomic E-state index is 10.5. The highest BCUT2D eigenvalue weighted by Gasteiger charge is 2.16. The van der Waals surface area contributed by atoms with E-state index in [9.17, 15) is 5.11 Å². The summed E-state index contributed by atoms with van der Waals surface area (Å²) >= 11 is 3.45. The predicted octanol–water partition coefficient (Wildman–Crippen LogP) is 4.35. The number of hydrogen-bond acceptors (Lipinski definition) is 2. The first-order chi connectivity index (χ1) is 9.52. The molecule has 2 nitrogen and oxygen atoms in total. The van der Waals surface area contributed by atoms with Crippen molar-refractivity contribution in [1.29, 1.82) is 0 Å². The second-order valence-corrected chi connectivity index (χ2v) is 5.90. The van der Waals surface area contributed by atoms with Gasteiger partial charge in [0.1, 0.15) is 5.75 Å². The van der Waals surface area contributed by atoms with Crippen LogP contribution < -0.4 is 4.74 Å². The number of ether oxygens (including phenoxy) is 1. The van der Waals surface area contributed by atoms with E-state index in [2.05, 4.69) is 15.9 Å². The lowest BCUT2D eigenvalue weighted by molar-refractivity contribution is 0.174. The Hall–Kier alpha value is -1.32. The van der Waals surface area contributed by atoms with Gasteiger partial charge in [-0.2, -0.15) is 0 Å². The van der Waals surface area contributed by atoms with Crippen molar-refractivity contribution in [3.63, 3.8) is 0 Å². The average Bonchev–Trinajstić information content (AvgIpc) is 2.41. The lowest BCUT2D eigenvalue weighted by Gasteiger charge is -2.18. The summed E-state index contributed by atoms with van der Waals surface area (Å²) < 4.78 is 6.49. The highest BCUT2D eigenvalue weighted by Crippen LogP contribution is 2.32. The van der Waals surface area contributed by atoms with Crippen LogP contribution in [-0.4, -0.2) is 12.2 Å². The van der Waals surface area contributed by atoms with E-state index < -0.39 is 6.10 Å².